The molecule has 9 heavy (non-hydrogen) atoms. The van der Waals surface area contributed by atoms with E-state index in [1.165, 1.54) is 0 Å². The fourth-order valence-electron chi connectivity index (χ4n) is 0.730. The second-order valence-electron chi connectivity index (χ2n) is 2.50. The van der Waals surface area contributed by atoms with Gasteiger partial charge in [-0.1, -0.05) is 6.92 Å². The summed E-state index contributed by atoms with van der Waals surface area (Å²) in [6.07, 6.45) is 1.39. The van der Waals surface area contributed by atoms with Crippen molar-refractivity contribution in [2.24, 2.45) is 11.7 Å². The Labute approximate surface area is 57.4 Å². The third kappa shape index (κ3) is 3.49. The van der Waals surface area contributed by atoms with Gasteiger partial charge in [0.15, 0.2) is 0 Å². The van der Waals surface area contributed by atoms with Gasteiger partial charge in [-0.2, -0.15) is 0 Å². The fourth-order valence-corrected chi connectivity index (χ4v) is 0.730. The molecular weight excluding hydrogens is 114 g/mol. The molecule has 0 fully saturated rings. The summed E-state index contributed by atoms with van der Waals surface area (Å²) >= 11 is 0. The molecule has 2 heteroatoms. The first-order chi connectivity index (χ1) is 4.22. The molecule has 0 aromatic carbocycles. The summed E-state index contributed by atoms with van der Waals surface area (Å²) in [7, 11) is 1.73. The second kappa shape index (κ2) is 4.77. The average Bonchev–Trinajstić information content (AvgIpc) is 1.87. The predicted octanol–water partition coefficient (Wildman–Crippen LogP) is 1.01. The average molecular weight is 131 g/mol. The second-order valence-corrected chi connectivity index (χ2v) is 2.50. The van der Waals surface area contributed by atoms with Gasteiger partial charge in [0.1, 0.15) is 0 Å². The quantitative estimate of drug-likeness (QED) is 0.618. The monoisotopic (exact) mass is 131 g/mol. The van der Waals surface area contributed by atoms with E-state index in [0.29, 0.717) is 12.0 Å². The molecule has 2 atom stereocenters. The van der Waals surface area contributed by atoms with Gasteiger partial charge in [-0.05, 0) is 25.8 Å². The molecule has 2 unspecified atom stereocenters. The molecule has 0 amide bonds. The van der Waals surface area contributed by atoms with Gasteiger partial charge in [-0.25, -0.2) is 0 Å². The lowest BCUT2D eigenvalue weighted by atomic mass is 10.0. The maximum atomic E-state index is 5.37. The van der Waals surface area contributed by atoms with Crippen molar-refractivity contribution in [1.82, 2.24) is 0 Å². The molecule has 0 aliphatic carbocycles. The van der Waals surface area contributed by atoms with Crippen molar-refractivity contribution < 1.29 is 4.74 Å². The zero-order valence-electron chi connectivity index (χ0n) is 6.55. The number of hydrogen-bond acceptors (Lipinski definition) is 2. The van der Waals surface area contributed by atoms with Crippen LogP contribution in [0.25, 0.3) is 0 Å². The van der Waals surface area contributed by atoms with E-state index in [4.69, 9.17) is 10.5 Å². The van der Waals surface area contributed by atoms with E-state index in [1.807, 2.05) is 0 Å². The third-order valence-corrected chi connectivity index (χ3v) is 1.80. The van der Waals surface area contributed by atoms with Crippen LogP contribution in [0, 0.1) is 5.92 Å². The number of nitrogens with two attached hydrogens (primary N) is 1. The lowest BCUT2D eigenvalue weighted by molar-refractivity contribution is 0.0713. The van der Waals surface area contributed by atoms with Crippen LogP contribution in [-0.4, -0.2) is 19.8 Å². The molecular formula is C7H17NO. The van der Waals surface area contributed by atoms with Gasteiger partial charge < -0.3 is 10.5 Å². The van der Waals surface area contributed by atoms with Gasteiger partial charge in [-0.3, -0.25) is 0 Å². The molecule has 0 rings (SSSR count). The first kappa shape index (κ1) is 8.92. The molecule has 0 spiro atoms. The summed E-state index contributed by atoms with van der Waals surface area (Å²) in [5.41, 5.74) is 5.37. The van der Waals surface area contributed by atoms with Crippen LogP contribution in [0.3, 0.4) is 0 Å². The number of ether oxygens (including phenoxy) is 1. The molecule has 2 nitrogen and oxygen atoms in total. The fraction of sp³-hybridized carbons (Fsp3) is 1.00. The van der Waals surface area contributed by atoms with Gasteiger partial charge in [0.25, 0.3) is 0 Å². The maximum absolute atomic E-state index is 5.37. The molecule has 0 aliphatic heterocycles. The van der Waals surface area contributed by atoms with Crippen LogP contribution in [0.15, 0.2) is 0 Å². The minimum atomic E-state index is 0.341. The van der Waals surface area contributed by atoms with Crippen LogP contribution in [0.4, 0.5) is 0 Å². The van der Waals surface area contributed by atoms with Crippen molar-refractivity contribution in [2.45, 2.75) is 26.4 Å². The van der Waals surface area contributed by atoms with Crippen LogP contribution in [0.5, 0.6) is 0 Å². The Kier molecular flexibility index (Phi) is 4.72. The van der Waals surface area contributed by atoms with Crippen LogP contribution >= 0.6 is 0 Å². The Hall–Kier alpha value is -0.0800. The van der Waals surface area contributed by atoms with E-state index in [1.54, 1.807) is 7.11 Å². The Morgan fingerprint density at radius 3 is 2.33 bits per heavy atom. The van der Waals surface area contributed by atoms with Gasteiger partial charge in [0.05, 0.1) is 6.10 Å². The highest BCUT2D eigenvalue weighted by molar-refractivity contribution is 4.60. The first-order valence-electron chi connectivity index (χ1n) is 3.45. The van der Waals surface area contributed by atoms with E-state index >= 15 is 0 Å². The Morgan fingerprint density at radius 1 is 1.44 bits per heavy atom. The van der Waals surface area contributed by atoms with Crippen LogP contribution in [0.2, 0.25) is 0 Å². The van der Waals surface area contributed by atoms with Gasteiger partial charge in [0.2, 0.25) is 0 Å². The minimum absolute atomic E-state index is 0.341. The molecule has 0 aliphatic rings. The van der Waals surface area contributed by atoms with Crippen molar-refractivity contribution in [3.05, 3.63) is 0 Å². The number of rotatable bonds is 4. The summed E-state index contributed by atoms with van der Waals surface area (Å²) in [5, 5.41) is 0. The summed E-state index contributed by atoms with van der Waals surface area (Å²) in [4.78, 5) is 0. The highest BCUT2D eigenvalue weighted by Crippen LogP contribution is 2.08. The third-order valence-electron chi connectivity index (χ3n) is 1.80. The van der Waals surface area contributed by atoms with E-state index in [9.17, 15) is 0 Å². The first-order valence-corrected chi connectivity index (χ1v) is 3.45. The largest absolute Gasteiger partial charge is 0.381 e. The summed E-state index contributed by atoms with van der Waals surface area (Å²) in [5.74, 6) is 0.583. The van der Waals surface area contributed by atoms with Crippen molar-refractivity contribution >= 4 is 0 Å². The smallest absolute Gasteiger partial charge is 0.0569 e. The molecule has 0 radical (unpaired) electrons. The van der Waals surface area contributed by atoms with Crippen LogP contribution < -0.4 is 5.73 Å². The zero-order valence-corrected chi connectivity index (χ0v) is 6.55. The molecule has 0 bridgehead atoms. The molecule has 0 saturated heterocycles. The lowest BCUT2D eigenvalue weighted by Gasteiger charge is -2.16. The van der Waals surface area contributed by atoms with E-state index < -0.39 is 0 Å². The van der Waals surface area contributed by atoms with E-state index in [0.717, 1.165) is 13.0 Å². The summed E-state index contributed by atoms with van der Waals surface area (Å²) in [6, 6.07) is 0. The number of methoxy groups -OCH3 is 1. The van der Waals surface area contributed by atoms with Crippen molar-refractivity contribution in [3.63, 3.8) is 0 Å². The normalized spacial score (nSPS) is 17.3. The van der Waals surface area contributed by atoms with Gasteiger partial charge in [0, 0.05) is 7.11 Å². The maximum Gasteiger partial charge on any atom is 0.0569 e. The predicted molar refractivity (Wildman–Crippen MR) is 39.3 cm³/mol. The van der Waals surface area contributed by atoms with Crippen molar-refractivity contribution in [3.8, 4) is 0 Å². The van der Waals surface area contributed by atoms with Crippen LogP contribution in [0.1, 0.15) is 20.3 Å². The molecule has 0 heterocycles. The highest BCUT2D eigenvalue weighted by atomic mass is 16.5. The van der Waals surface area contributed by atoms with Gasteiger partial charge in [-0.15, -0.1) is 0 Å². The highest BCUT2D eigenvalue weighted by Gasteiger charge is 2.08. The van der Waals surface area contributed by atoms with E-state index in [-0.39, 0.29) is 0 Å². The summed E-state index contributed by atoms with van der Waals surface area (Å²) < 4.78 is 5.11. The van der Waals surface area contributed by atoms with Crippen molar-refractivity contribution in [1.29, 1.82) is 0 Å². The molecule has 0 aromatic heterocycles. The van der Waals surface area contributed by atoms with E-state index in [2.05, 4.69) is 13.8 Å². The minimum Gasteiger partial charge on any atom is -0.381 e. The van der Waals surface area contributed by atoms with Crippen LogP contribution in [-0.2, 0) is 4.74 Å². The summed E-state index contributed by atoms with van der Waals surface area (Å²) in [6.45, 7) is 4.98. The zero-order chi connectivity index (χ0) is 7.28. The molecule has 0 saturated carbocycles. The molecule has 56 valence electrons. The lowest BCUT2D eigenvalue weighted by Crippen LogP contribution is -2.19. The molecule has 0 aromatic rings. The topological polar surface area (TPSA) is 35.2 Å². The van der Waals surface area contributed by atoms with Gasteiger partial charge >= 0.3 is 0 Å². The standard InChI is InChI=1S/C7H17NO/c1-6(4-5-8)7(2)9-3/h6-7H,4-5,8H2,1-3H3. The molecule has 2 N–H and O–H groups in total. The Bertz CT molecular complexity index is 65.9. The number of hydrogen-bond donors (Lipinski definition) is 1. The van der Waals surface area contributed by atoms with Crippen molar-refractivity contribution in [2.75, 3.05) is 13.7 Å². The SMILES string of the molecule is COC(C)C(C)CCN. The Morgan fingerprint density at radius 2 is 2.00 bits per heavy atom. The Balaban J connectivity index is 3.32.